The standard InChI is InChI=1S/C28H52N2O6.C22H40N2O6.C22H44N2O4.C10H21NO/c1-25(2)17-21(18-26(3,4)29(25)33)35-23(31)15-13-11-9-10-12-14-16-24(32)36-22-19-27(5,6)30(34)28(7,8)20-22;1-19(2)11-15(12-20(3,4)23(19)27)29-17(25)9-10-18(26)30-16-13-21(5,6)24(28)22(7,8)14-16;1-19(2)13-17(14-20(3,4)23(19)25)27-11-9-10-12-28-18-15-21(5,6)24(26)22(7,8)16-18;1-8-6-9(2,3)11(12)10(4,5)7-8/h21-22,33-34H,9-20H2,1-8H3;15-16,27-28H,9-14H2,1-8H3;17-18,25-26H,9-16H2,1-8H3;8,12H,6-7H2,1-5H3. The average molecular weight is 1510 g/mol. The Morgan fingerprint density at radius 2 is 0.387 bits per heavy atom. The number of unbranched alkanes of at least 4 members (excludes halogenated alkanes) is 6. The molecule has 0 aromatic carbocycles. The minimum absolute atomic E-state index is 0.0370. The summed E-state index contributed by atoms with van der Waals surface area (Å²) in [5.41, 5.74) is -4.94. The lowest BCUT2D eigenvalue weighted by Gasteiger charge is -2.51. The van der Waals surface area contributed by atoms with Crippen molar-refractivity contribution in [1.29, 1.82) is 0 Å². The van der Waals surface area contributed by atoms with Gasteiger partial charge >= 0.3 is 23.9 Å². The maximum atomic E-state index is 12.3. The van der Waals surface area contributed by atoms with Crippen molar-refractivity contribution in [2.24, 2.45) is 5.92 Å². The lowest BCUT2D eigenvalue weighted by atomic mass is 9.76. The number of hydroxylamine groups is 14. The van der Waals surface area contributed by atoms with Gasteiger partial charge in [-0.05, 0) is 264 Å². The molecular formula is C82H157N7O17. The maximum absolute atomic E-state index is 12.3. The zero-order valence-electron chi connectivity index (χ0n) is 72.2. The Hall–Kier alpha value is -2.76. The summed E-state index contributed by atoms with van der Waals surface area (Å²) in [5, 5.41) is 82.1. The molecule has 7 fully saturated rings. The Balaban J connectivity index is 0.000000313. The summed E-state index contributed by atoms with van der Waals surface area (Å²) in [7, 11) is 0. The number of ether oxygens (including phenoxy) is 6. The molecule has 7 N–H and O–H groups in total. The van der Waals surface area contributed by atoms with E-state index < -0.39 is 56.3 Å². The van der Waals surface area contributed by atoms with E-state index in [1.807, 2.05) is 111 Å². The first-order valence-electron chi connectivity index (χ1n) is 40.3. The molecular weight excluding hydrogens is 1350 g/mol. The summed E-state index contributed by atoms with van der Waals surface area (Å²) in [5.74, 6) is -0.460. The number of nitrogens with zero attached hydrogens (tertiary/aromatic N) is 7. The summed E-state index contributed by atoms with van der Waals surface area (Å²) in [6, 6.07) is 0. The molecule has 0 radical (unpaired) electrons. The first kappa shape index (κ1) is 95.6. The lowest BCUT2D eigenvalue weighted by molar-refractivity contribution is -0.262. The molecule has 0 aliphatic carbocycles. The number of carbonyl (C=O) groups is 4. The average Bonchev–Trinajstić information content (AvgIpc) is 0.904. The summed E-state index contributed by atoms with van der Waals surface area (Å²) in [6.07, 6.45) is 17.8. The maximum Gasteiger partial charge on any atom is 0.306 e. The normalized spacial score (nSPS) is 26.9. The number of rotatable bonds is 23. The number of hydrogen-bond acceptors (Lipinski definition) is 24. The lowest BCUT2D eigenvalue weighted by Crippen LogP contribution is -2.60. The van der Waals surface area contributed by atoms with Gasteiger partial charge < -0.3 is 64.9 Å². The molecule has 7 rings (SSSR count). The number of esters is 4. The molecule has 0 bridgehead atoms. The number of hydrogen-bond donors (Lipinski definition) is 7. The molecule has 7 aliphatic rings. The molecule has 7 saturated heterocycles. The molecule has 24 nitrogen and oxygen atoms in total. The third kappa shape index (κ3) is 27.5. The van der Waals surface area contributed by atoms with Gasteiger partial charge in [0, 0.05) is 155 Å². The molecule has 0 aromatic heterocycles. The van der Waals surface area contributed by atoms with Crippen molar-refractivity contribution >= 4 is 23.9 Å². The fourth-order valence-electron chi connectivity index (χ4n) is 19.5. The first-order valence-corrected chi connectivity index (χ1v) is 40.3. The van der Waals surface area contributed by atoms with E-state index in [0.29, 0.717) is 70.1 Å². The Kier molecular flexibility index (Phi) is 33.0. The van der Waals surface area contributed by atoms with Crippen LogP contribution in [0, 0.1) is 5.92 Å². The second-order valence-corrected chi connectivity index (χ2v) is 41.8. The van der Waals surface area contributed by atoms with E-state index in [4.69, 9.17) is 28.4 Å². The van der Waals surface area contributed by atoms with Crippen molar-refractivity contribution in [3.05, 3.63) is 0 Å². The van der Waals surface area contributed by atoms with Crippen LogP contribution in [0.1, 0.15) is 368 Å². The number of piperidine rings is 7. The van der Waals surface area contributed by atoms with Crippen molar-refractivity contribution in [3.8, 4) is 0 Å². The van der Waals surface area contributed by atoms with E-state index in [9.17, 15) is 55.6 Å². The molecule has 622 valence electrons. The Morgan fingerprint density at radius 1 is 0.236 bits per heavy atom. The molecule has 0 aromatic rings. The molecule has 0 unspecified atom stereocenters. The van der Waals surface area contributed by atoms with Crippen LogP contribution in [0.5, 0.6) is 0 Å². The Bertz CT molecular complexity index is 2510. The quantitative estimate of drug-likeness (QED) is 0.0284. The summed E-state index contributed by atoms with van der Waals surface area (Å²) in [4.78, 5) is 49.3. The van der Waals surface area contributed by atoms with Gasteiger partial charge in [-0.15, -0.1) is 0 Å². The highest BCUT2D eigenvalue weighted by Gasteiger charge is 2.52. The van der Waals surface area contributed by atoms with Gasteiger partial charge in [0.25, 0.3) is 0 Å². The van der Waals surface area contributed by atoms with Gasteiger partial charge in [-0.1, -0.05) is 32.6 Å². The van der Waals surface area contributed by atoms with E-state index in [1.165, 1.54) is 35.4 Å². The zero-order valence-corrected chi connectivity index (χ0v) is 72.2. The van der Waals surface area contributed by atoms with Gasteiger partial charge in [-0.25, -0.2) is 0 Å². The topological polar surface area (TPSA) is 288 Å². The van der Waals surface area contributed by atoms with E-state index in [-0.39, 0.29) is 94.6 Å². The van der Waals surface area contributed by atoms with Crippen molar-refractivity contribution in [3.63, 3.8) is 0 Å². The molecule has 0 atom stereocenters. The fourth-order valence-corrected chi connectivity index (χ4v) is 19.5. The molecule has 0 amide bonds. The zero-order chi connectivity index (χ0) is 81.4. The third-order valence-electron chi connectivity index (χ3n) is 23.4. The monoisotopic (exact) mass is 1510 g/mol. The van der Waals surface area contributed by atoms with E-state index >= 15 is 0 Å². The van der Waals surface area contributed by atoms with Gasteiger partial charge in [0.2, 0.25) is 0 Å². The summed E-state index contributed by atoms with van der Waals surface area (Å²) < 4.78 is 35.0. The molecule has 24 heteroatoms. The smallest absolute Gasteiger partial charge is 0.306 e. The van der Waals surface area contributed by atoms with E-state index in [0.717, 1.165) is 103 Å². The van der Waals surface area contributed by atoms with Gasteiger partial charge in [0.15, 0.2) is 0 Å². The largest absolute Gasteiger partial charge is 0.462 e. The summed E-state index contributed by atoms with van der Waals surface area (Å²) in [6.45, 7) is 59.7. The number of carbonyl (C=O) groups excluding carboxylic acids is 4. The molecule has 7 aliphatic heterocycles. The second-order valence-electron chi connectivity index (χ2n) is 41.8. The van der Waals surface area contributed by atoms with Crippen molar-refractivity contribution in [1.82, 2.24) is 35.4 Å². The highest BCUT2D eigenvalue weighted by molar-refractivity contribution is 5.78. The van der Waals surface area contributed by atoms with Gasteiger partial charge in [0.1, 0.15) is 24.4 Å². The summed E-state index contributed by atoms with van der Waals surface area (Å²) >= 11 is 0. The molecule has 7 heterocycles. The van der Waals surface area contributed by atoms with Crippen LogP contribution in [0.4, 0.5) is 0 Å². The van der Waals surface area contributed by atoms with E-state index in [2.05, 4.69) is 90.0 Å². The highest BCUT2D eigenvalue weighted by Crippen LogP contribution is 2.45. The van der Waals surface area contributed by atoms with Gasteiger partial charge in [-0.2, -0.15) is 35.4 Å². The van der Waals surface area contributed by atoms with Crippen LogP contribution >= 0.6 is 0 Å². The Morgan fingerprint density at radius 3 is 0.575 bits per heavy atom. The second kappa shape index (κ2) is 36.6. The molecule has 0 spiro atoms. The fraction of sp³-hybridized carbons (Fsp3) is 0.951. The van der Waals surface area contributed by atoms with Crippen LogP contribution in [-0.4, -0.2) is 223 Å². The van der Waals surface area contributed by atoms with Gasteiger partial charge in [-0.3, -0.25) is 19.2 Å². The van der Waals surface area contributed by atoms with Crippen molar-refractivity contribution < 1.29 is 84.1 Å². The van der Waals surface area contributed by atoms with Gasteiger partial charge in [0.05, 0.1) is 25.0 Å². The van der Waals surface area contributed by atoms with Crippen LogP contribution in [0.15, 0.2) is 0 Å². The molecule has 0 saturated carbocycles. The van der Waals surface area contributed by atoms with Crippen molar-refractivity contribution in [2.45, 2.75) is 482 Å². The van der Waals surface area contributed by atoms with Crippen molar-refractivity contribution in [2.75, 3.05) is 13.2 Å². The predicted octanol–water partition coefficient (Wildman–Crippen LogP) is 17.0. The third-order valence-corrected chi connectivity index (χ3v) is 23.4. The molecule has 106 heavy (non-hydrogen) atoms. The van der Waals surface area contributed by atoms with Crippen LogP contribution in [0.25, 0.3) is 0 Å². The van der Waals surface area contributed by atoms with Crippen LogP contribution in [0.2, 0.25) is 0 Å². The first-order chi connectivity index (χ1) is 47.9. The minimum atomic E-state index is -0.507. The SMILES string of the molecule is CC1(C)CC(OC(=O)CCC(=O)OC2CC(C)(C)N(O)C(C)(C)C2)CC(C)(C)N1O.CC1(C)CC(OC(=O)CCCCCCCCC(=O)OC2CC(C)(C)N(O)C(C)(C)C2)CC(C)(C)N1O.CC1(C)CC(OCCCCOC2CC(C)(C)N(O)C(C)(C)C2)CC(C)(C)N1O.CC1CC(C)(C)N(O)C(C)(C)C1. The van der Waals surface area contributed by atoms with Crippen LogP contribution < -0.4 is 0 Å². The predicted molar refractivity (Wildman–Crippen MR) is 411 cm³/mol. The van der Waals surface area contributed by atoms with Crippen LogP contribution in [-0.2, 0) is 47.6 Å². The van der Waals surface area contributed by atoms with Crippen LogP contribution in [0.3, 0.4) is 0 Å². The highest BCUT2D eigenvalue weighted by atomic mass is 16.6. The Labute approximate surface area is 641 Å². The van der Waals surface area contributed by atoms with E-state index in [1.54, 1.807) is 0 Å². The minimum Gasteiger partial charge on any atom is -0.462 e.